The van der Waals surface area contributed by atoms with E-state index in [1.54, 1.807) is 56.5 Å². The molecule has 0 spiro atoms. The first-order valence-electron chi connectivity index (χ1n) is 9.57. The molecule has 1 aromatic carbocycles. The van der Waals surface area contributed by atoms with Crippen molar-refractivity contribution in [1.82, 2.24) is 4.90 Å². The molecule has 2 rings (SSSR count). The van der Waals surface area contributed by atoms with Crippen LogP contribution in [0.25, 0.3) is 0 Å². The molecule has 0 bridgehead atoms. The van der Waals surface area contributed by atoms with Crippen LogP contribution < -0.4 is 0 Å². The molecule has 0 saturated heterocycles. The molecule has 29 heavy (non-hydrogen) atoms. The van der Waals surface area contributed by atoms with Crippen molar-refractivity contribution in [1.29, 1.82) is 0 Å². The highest BCUT2D eigenvalue weighted by molar-refractivity contribution is 6.21. The zero-order valence-corrected chi connectivity index (χ0v) is 17.3. The minimum Gasteiger partial charge on any atom is -0.463 e. The molecule has 1 aromatic rings. The molecule has 6 heteroatoms. The summed E-state index contributed by atoms with van der Waals surface area (Å²) in [5.41, 5.74) is 1.84. The number of allylic oxidation sites excluding steroid dienone is 2. The maximum Gasteiger partial charge on any atom is 0.330 e. The monoisotopic (exact) mass is 397 g/mol. The SMILES string of the molecule is CCOC(=O)/C=C/[C@H](C)[C@H](OC)/C(C)=C/C=C/CN1C(=O)c2ccccc2C1=O. The van der Waals surface area contributed by atoms with E-state index in [0.29, 0.717) is 17.7 Å². The number of fused-ring (bicyclic) bond motifs is 1. The number of hydrogen-bond donors (Lipinski definition) is 0. The summed E-state index contributed by atoms with van der Waals surface area (Å²) in [5.74, 6) is -0.964. The fraction of sp³-hybridized carbons (Fsp3) is 0.348. The van der Waals surface area contributed by atoms with E-state index >= 15 is 0 Å². The molecule has 0 aromatic heterocycles. The third-order valence-corrected chi connectivity index (χ3v) is 4.66. The van der Waals surface area contributed by atoms with Crippen LogP contribution in [-0.2, 0) is 14.3 Å². The summed E-state index contributed by atoms with van der Waals surface area (Å²) in [5, 5.41) is 0. The molecule has 1 heterocycles. The second kappa shape index (κ2) is 10.5. The number of carbonyl (C=O) groups excluding carboxylic acids is 3. The van der Waals surface area contributed by atoms with E-state index in [2.05, 4.69) is 0 Å². The van der Waals surface area contributed by atoms with Gasteiger partial charge in [0, 0.05) is 25.6 Å². The Balaban J connectivity index is 1.97. The smallest absolute Gasteiger partial charge is 0.330 e. The Labute approximate surface area is 171 Å². The topological polar surface area (TPSA) is 72.9 Å². The summed E-state index contributed by atoms with van der Waals surface area (Å²) in [6.45, 7) is 6.17. The van der Waals surface area contributed by atoms with Gasteiger partial charge < -0.3 is 9.47 Å². The normalized spacial score (nSPS) is 16.6. The highest BCUT2D eigenvalue weighted by Crippen LogP contribution is 2.22. The fourth-order valence-electron chi connectivity index (χ4n) is 3.22. The van der Waals surface area contributed by atoms with E-state index in [1.165, 1.54) is 11.0 Å². The van der Waals surface area contributed by atoms with E-state index < -0.39 is 0 Å². The molecule has 0 fully saturated rings. The number of ether oxygens (including phenoxy) is 2. The van der Waals surface area contributed by atoms with Gasteiger partial charge in [-0.3, -0.25) is 14.5 Å². The summed E-state index contributed by atoms with van der Waals surface area (Å²) in [6, 6.07) is 6.82. The van der Waals surface area contributed by atoms with Gasteiger partial charge in [-0.15, -0.1) is 0 Å². The van der Waals surface area contributed by atoms with Crippen molar-refractivity contribution >= 4 is 17.8 Å². The van der Waals surface area contributed by atoms with Crippen LogP contribution in [0.3, 0.4) is 0 Å². The van der Waals surface area contributed by atoms with Crippen molar-refractivity contribution in [3.05, 3.63) is 71.3 Å². The van der Waals surface area contributed by atoms with Crippen LogP contribution in [0.4, 0.5) is 0 Å². The first-order chi connectivity index (χ1) is 13.9. The molecule has 0 radical (unpaired) electrons. The van der Waals surface area contributed by atoms with Crippen LogP contribution in [0.2, 0.25) is 0 Å². The van der Waals surface area contributed by atoms with E-state index in [9.17, 15) is 14.4 Å². The number of carbonyl (C=O) groups is 3. The van der Waals surface area contributed by atoms with Crippen molar-refractivity contribution in [3.8, 4) is 0 Å². The number of methoxy groups -OCH3 is 1. The van der Waals surface area contributed by atoms with Gasteiger partial charge in [-0.1, -0.05) is 43.4 Å². The lowest BCUT2D eigenvalue weighted by Crippen LogP contribution is -2.29. The van der Waals surface area contributed by atoms with Gasteiger partial charge >= 0.3 is 5.97 Å². The minimum atomic E-state index is -0.378. The van der Waals surface area contributed by atoms with Gasteiger partial charge in [-0.05, 0) is 31.6 Å². The summed E-state index contributed by atoms with van der Waals surface area (Å²) < 4.78 is 10.4. The average molecular weight is 397 g/mol. The standard InChI is InChI=1S/C23H27NO5/c1-5-29-20(25)14-13-17(3)21(28-4)16(2)10-8-9-15-24-22(26)18-11-6-7-12-19(18)23(24)27/h6-14,17,21H,5,15H2,1-4H3/b9-8+,14-13+,16-10+/t17-,21+/m0/s1. The number of rotatable bonds is 9. The van der Waals surface area contributed by atoms with E-state index in [-0.39, 0.29) is 36.4 Å². The largest absolute Gasteiger partial charge is 0.463 e. The van der Waals surface area contributed by atoms with Gasteiger partial charge in [-0.2, -0.15) is 0 Å². The Morgan fingerprint density at radius 2 is 1.79 bits per heavy atom. The molecule has 0 aliphatic carbocycles. The fourth-order valence-corrected chi connectivity index (χ4v) is 3.22. The van der Waals surface area contributed by atoms with Gasteiger partial charge in [0.1, 0.15) is 0 Å². The van der Waals surface area contributed by atoms with Gasteiger partial charge in [0.15, 0.2) is 0 Å². The van der Waals surface area contributed by atoms with Gasteiger partial charge in [-0.25, -0.2) is 4.79 Å². The van der Waals surface area contributed by atoms with Crippen LogP contribution in [0.15, 0.2) is 60.2 Å². The van der Waals surface area contributed by atoms with Crippen molar-refractivity contribution in [2.75, 3.05) is 20.3 Å². The number of imide groups is 1. The molecule has 0 saturated carbocycles. The van der Waals surface area contributed by atoms with Crippen LogP contribution in [0, 0.1) is 5.92 Å². The second-order valence-corrected chi connectivity index (χ2v) is 6.73. The summed E-state index contributed by atoms with van der Waals surface area (Å²) in [4.78, 5) is 37.4. The third kappa shape index (κ3) is 5.51. The molecule has 0 unspecified atom stereocenters. The second-order valence-electron chi connectivity index (χ2n) is 6.73. The third-order valence-electron chi connectivity index (χ3n) is 4.66. The number of nitrogens with zero attached hydrogens (tertiary/aromatic N) is 1. The maximum absolute atomic E-state index is 12.3. The number of esters is 1. The van der Waals surface area contributed by atoms with Crippen LogP contribution in [0.5, 0.6) is 0 Å². The molecular weight excluding hydrogens is 370 g/mol. The molecule has 154 valence electrons. The van der Waals surface area contributed by atoms with Crippen LogP contribution >= 0.6 is 0 Å². The van der Waals surface area contributed by atoms with E-state index in [1.807, 2.05) is 19.9 Å². The van der Waals surface area contributed by atoms with Gasteiger partial charge in [0.2, 0.25) is 0 Å². The van der Waals surface area contributed by atoms with Gasteiger partial charge in [0.25, 0.3) is 11.8 Å². The molecule has 2 amide bonds. The first kappa shape index (κ1) is 22.3. The lowest BCUT2D eigenvalue weighted by Gasteiger charge is -2.20. The lowest BCUT2D eigenvalue weighted by atomic mass is 9.97. The predicted octanol–water partition coefficient (Wildman–Crippen LogP) is 3.56. The highest BCUT2D eigenvalue weighted by Gasteiger charge is 2.34. The molecule has 1 aliphatic heterocycles. The van der Waals surface area contributed by atoms with E-state index in [4.69, 9.17) is 9.47 Å². The van der Waals surface area contributed by atoms with Crippen molar-refractivity contribution < 1.29 is 23.9 Å². The quantitative estimate of drug-likeness (QED) is 0.276. The number of hydrogen-bond acceptors (Lipinski definition) is 5. The Hall–Kier alpha value is -2.99. The van der Waals surface area contributed by atoms with Crippen molar-refractivity contribution in [2.45, 2.75) is 26.9 Å². The zero-order valence-electron chi connectivity index (χ0n) is 17.3. The maximum atomic E-state index is 12.3. The molecule has 0 N–H and O–H groups in total. The van der Waals surface area contributed by atoms with Crippen molar-refractivity contribution in [3.63, 3.8) is 0 Å². The molecular formula is C23H27NO5. The lowest BCUT2D eigenvalue weighted by molar-refractivity contribution is -0.137. The summed E-state index contributed by atoms with van der Waals surface area (Å²) >= 11 is 0. The highest BCUT2D eigenvalue weighted by atomic mass is 16.5. The van der Waals surface area contributed by atoms with Crippen LogP contribution in [0.1, 0.15) is 41.5 Å². The predicted molar refractivity (Wildman–Crippen MR) is 110 cm³/mol. The molecule has 6 nitrogen and oxygen atoms in total. The first-order valence-corrected chi connectivity index (χ1v) is 9.57. The summed E-state index contributed by atoms with van der Waals surface area (Å²) in [7, 11) is 1.61. The number of amides is 2. The van der Waals surface area contributed by atoms with Gasteiger partial charge in [0.05, 0.1) is 23.8 Å². The Bertz CT molecular complexity index is 818. The summed E-state index contributed by atoms with van der Waals surface area (Å²) in [6.07, 6.45) is 8.38. The molecule has 1 aliphatic rings. The van der Waals surface area contributed by atoms with E-state index in [0.717, 1.165) is 5.57 Å². The average Bonchev–Trinajstić information content (AvgIpc) is 2.95. The Morgan fingerprint density at radius 3 is 2.34 bits per heavy atom. The minimum absolute atomic E-state index is 0.0368. The Kier molecular flexibility index (Phi) is 8.09. The zero-order chi connectivity index (χ0) is 21.4. The van der Waals surface area contributed by atoms with Crippen LogP contribution in [-0.4, -0.2) is 49.0 Å². The Morgan fingerprint density at radius 1 is 1.17 bits per heavy atom. The van der Waals surface area contributed by atoms with Crippen molar-refractivity contribution in [2.24, 2.45) is 5.92 Å². The molecule has 2 atom stereocenters. The number of benzene rings is 1.